The van der Waals surface area contributed by atoms with E-state index in [1.807, 2.05) is 47.8 Å². The predicted molar refractivity (Wildman–Crippen MR) is 96.9 cm³/mol. The lowest BCUT2D eigenvalue weighted by Gasteiger charge is -2.09. The van der Waals surface area contributed by atoms with Crippen LogP contribution in [0, 0.1) is 0 Å². The lowest BCUT2D eigenvalue weighted by atomic mass is 10.1. The molecule has 2 aromatic carbocycles. The van der Waals surface area contributed by atoms with Gasteiger partial charge in [0, 0.05) is 10.9 Å². The van der Waals surface area contributed by atoms with Crippen LogP contribution in [0.3, 0.4) is 0 Å². The molecular formula is C18H18N2O3S. The molecule has 5 nitrogen and oxygen atoms in total. The summed E-state index contributed by atoms with van der Waals surface area (Å²) in [5, 5.41) is 6.09. The highest BCUT2D eigenvalue weighted by molar-refractivity contribution is 7.14. The van der Waals surface area contributed by atoms with Gasteiger partial charge < -0.3 is 19.5 Å². The first-order valence-corrected chi connectivity index (χ1v) is 8.21. The molecule has 0 radical (unpaired) electrons. The predicted octanol–water partition coefficient (Wildman–Crippen LogP) is 4.58. The first-order chi connectivity index (χ1) is 11.7. The van der Waals surface area contributed by atoms with E-state index in [0.29, 0.717) is 11.5 Å². The number of methoxy groups -OCH3 is 3. The maximum Gasteiger partial charge on any atom is 0.187 e. The standard InChI is InChI=1S/C18H18N2O3S/c1-21-15-7-5-4-6-13(15)19-18-20-14(11-24-18)12-8-9-16(22-2)17(10-12)23-3/h4-11H,1-3H3,(H,19,20). The van der Waals surface area contributed by atoms with Crippen molar-refractivity contribution in [2.45, 2.75) is 0 Å². The second kappa shape index (κ2) is 7.23. The number of ether oxygens (including phenoxy) is 3. The van der Waals surface area contributed by atoms with Gasteiger partial charge in [0.25, 0.3) is 0 Å². The van der Waals surface area contributed by atoms with Crippen molar-refractivity contribution < 1.29 is 14.2 Å². The quantitative estimate of drug-likeness (QED) is 0.710. The molecule has 1 aromatic heterocycles. The second-order valence-corrected chi connectivity index (χ2v) is 5.79. The maximum atomic E-state index is 5.35. The number of rotatable bonds is 6. The Morgan fingerprint density at radius 2 is 1.62 bits per heavy atom. The van der Waals surface area contributed by atoms with E-state index < -0.39 is 0 Å². The van der Waals surface area contributed by atoms with E-state index in [1.165, 1.54) is 11.3 Å². The Hall–Kier alpha value is -2.73. The van der Waals surface area contributed by atoms with Crippen molar-refractivity contribution in [3.63, 3.8) is 0 Å². The number of nitrogens with zero attached hydrogens (tertiary/aromatic N) is 1. The van der Waals surface area contributed by atoms with E-state index in [-0.39, 0.29) is 0 Å². The average molecular weight is 342 g/mol. The van der Waals surface area contributed by atoms with Gasteiger partial charge in [-0.25, -0.2) is 4.98 Å². The third kappa shape index (κ3) is 3.28. The van der Waals surface area contributed by atoms with E-state index in [0.717, 1.165) is 27.8 Å². The molecule has 0 spiro atoms. The minimum absolute atomic E-state index is 0.683. The monoisotopic (exact) mass is 342 g/mol. The summed E-state index contributed by atoms with van der Waals surface area (Å²) in [7, 11) is 4.89. The normalized spacial score (nSPS) is 10.3. The molecule has 0 saturated heterocycles. The zero-order valence-electron chi connectivity index (χ0n) is 13.7. The fourth-order valence-electron chi connectivity index (χ4n) is 2.32. The Morgan fingerprint density at radius 1 is 0.875 bits per heavy atom. The van der Waals surface area contributed by atoms with E-state index >= 15 is 0 Å². The SMILES string of the molecule is COc1ccccc1Nc1nc(-c2ccc(OC)c(OC)c2)cs1. The van der Waals surface area contributed by atoms with Crippen LogP contribution in [0.5, 0.6) is 17.2 Å². The number of hydrogen-bond acceptors (Lipinski definition) is 6. The third-order valence-electron chi connectivity index (χ3n) is 3.53. The summed E-state index contributed by atoms with van der Waals surface area (Å²) in [4.78, 5) is 4.64. The van der Waals surface area contributed by atoms with Crippen LogP contribution in [0.2, 0.25) is 0 Å². The maximum absolute atomic E-state index is 5.35. The molecule has 24 heavy (non-hydrogen) atoms. The molecule has 0 aliphatic carbocycles. The molecule has 0 aliphatic heterocycles. The molecular weight excluding hydrogens is 324 g/mol. The molecule has 0 bridgehead atoms. The van der Waals surface area contributed by atoms with Crippen LogP contribution < -0.4 is 19.5 Å². The number of aromatic nitrogens is 1. The van der Waals surface area contributed by atoms with E-state index in [9.17, 15) is 0 Å². The lowest BCUT2D eigenvalue weighted by Crippen LogP contribution is -1.94. The van der Waals surface area contributed by atoms with Crippen LogP contribution in [-0.2, 0) is 0 Å². The second-order valence-electron chi connectivity index (χ2n) is 4.93. The minimum Gasteiger partial charge on any atom is -0.495 e. The highest BCUT2D eigenvalue weighted by atomic mass is 32.1. The van der Waals surface area contributed by atoms with Gasteiger partial charge in [0.05, 0.1) is 32.7 Å². The van der Waals surface area contributed by atoms with Crippen LogP contribution in [-0.4, -0.2) is 26.3 Å². The topological polar surface area (TPSA) is 52.6 Å². The zero-order chi connectivity index (χ0) is 16.9. The van der Waals surface area contributed by atoms with Crippen molar-refractivity contribution in [3.05, 3.63) is 47.8 Å². The molecule has 3 aromatic rings. The number of thiazole rings is 1. The van der Waals surface area contributed by atoms with Crippen LogP contribution in [0.4, 0.5) is 10.8 Å². The molecule has 124 valence electrons. The summed E-state index contributed by atoms with van der Waals surface area (Å²) >= 11 is 1.53. The first kappa shape index (κ1) is 16.1. The summed E-state index contributed by atoms with van der Waals surface area (Å²) in [6.45, 7) is 0. The van der Waals surface area contributed by atoms with Crippen molar-refractivity contribution >= 4 is 22.2 Å². The zero-order valence-corrected chi connectivity index (χ0v) is 14.5. The van der Waals surface area contributed by atoms with Gasteiger partial charge in [-0.15, -0.1) is 11.3 Å². The molecule has 1 heterocycles. The van der Waals surface area contributed by atoms with Crippen molar-refractivity contribution in [1.82, 2.24) is 4.98 Å². The molecule has 6 heteroatoms. The number of benzene rings is 2. The molecule has 0 unspecified atom stereocenters. The Balaban J connectivity index is 1.85. The summed E-state index contributed by atoms with van der Waals surface area (Å²) in [5.41, 5.74) is 2.73. The van der Waals surface area contributed by atoms with E-state index in [4.69, 9.17) is 14.2 Å². The molecule has 0 saturated carbocycles. The first-order valence-electron chi connectivity index (χ1n) is 7.33. The average Bonchev–Trinajstić information content (AvgIpc) is 3.10. The molecule has 0 aliphatic rings. The smallest absolute Gasteiger partial charge is 0.187 e. The van der Waals surface area contributed by atoms with Gasteiger partial charge in [0.2, 0.25) is 0 Å². The summed E-state index contributed by atoms with van der Waals surface area (Å²) < 4.78 is 16.0. The van der Waals surface area contributed by atoms with Crippen molar-refractivity contribution in [2.24, 2.45) is 0 Å². The third-order valence-corrected chi connectivity index (χ3v) is 4.29. The van der Waals surface area contributed by atoms with Gasteiger partial charge in [-0.1, -0.05) is 12.1 Å². The van der Waals surface area contributed by atoms with Crippen LogP contribution >= 0.6 is 11.3 Å². The molecule has 0 amide bonds. The van der Waals surface area contributed by atoms with Gasteiger partial charge in [0.1, 0.15) is 5.75 Å². The van der Waals surface area contributed by atoms with Crippen LogP contribution in [0.25, 0.3) is 11.3 Å². The summed E-state index contributed by atoms with van der Waals surface area (Å²) in [6.07, 6.45) is 0. The minimum atomic E-state index is 0.683. The van der Waals surface area contributed by atoms with Crippen molar-refractivity contribution in [3.8, 4) is 28.5 Å². The van der Waals surface area contributed by atoms with Gasteiger partial charge in [-0.2, -0.15) is 0 Å². The number of anilines is 2. The molecule has 0 atom stereocenters. The van der Waals surface area contributed by atoms with Gasteiger partial charge >= 0.3 is 0 Å². The Labute approximate surface area is 144 Å². The Morgan fingerprint density at radius 3 is 2.38 bits per heavy atom. The molecule has 3 rings (SSSR count). The van der Waals surface area contributed by atoms with Crippen molar-refractivity contribution in [1.29, 1.82) is 0 Å². The number of nitrogens with one attached hydrogen (secondary N) is 1. The molecule has 1 N–H and O–H groups in total. The van der Waals surface area contributed by atoms with Gasteiger partial charge in [0.15, 0.2) is 16.6 Å². The fraction of sp³-hybridized carbons (Fsp3) is 0.167. The largest absolute Gasteiger partial charge is 0.495 e. The molecule has 0 fully saturated rings. The van der Waals surface area contributed by atoms with Gasteiger partial charge in [-0.05, 0) is 30.3 Å². The van der Waals surface area contributed by atoms with Crippen molar-refractivity contribution in [2.75, 3.05) is 26.6 Å². The number of para-hydroxylation sites is 2. The fourth-order valence-corrected chi connectivity index (χ4v) is 3.05. The summed E-state index contributed by atoms with van der Waals surface area (Å²) in [5.74, 6) is 2.16. The Kier molecular flexibility index (Phi) is 4.86. The van der Waals surface area contributed by atoms with Crippen LogP contribution in [0.15, 0.2) is 47.8 Å². The summed E-state index contributed by atoms with van der Waals surface area (Å²) in [6, 6.07) is 13.5. The lowest BCUT2D eigenvalue weighted by molar-refractivity contribution is 0.355. The van der Waals surface area contributed by atoms with E-state index in [2.05, 4.69) is 10.3 Å². The Bertz CT molecular complexity index is 833. The van der Waals surface area contributed by atoms with Gasteiger partial charge in [-0.3, -0.25) is 0 Å². The highest BCUT2D eigenvalue weighted by Gasteiger charge is 2.10. The van der Waals surface area contributed by atoms with Crippen LogP contribution in [0.1, 0.15) is 0 Å². The van der Waals surface area contributed by atoms with E-state index in [1.54, 1.807) is 21.3 Å². The highest BCUT2D eigenvalue weighted by Crippen LogP contribution is 2.35. The number of hydrogen-bond donors (Lipinski definition) is 1.